The number of hydrogen-bond acceptors (Lipinski definition) is 3. The van der Waals surface area contributed by atoms with Crippen molar-refractivity contribution in [3.8, 4) is 5.75 Å². The first-order valence-corrected chi connectivity index (χ1v) is 4.38. The first-order chi connectivity index (χ1) is 7.11. The number of methoxy groups -OCH3 is 1. The van der Waals surface area contributed by atoms with Crippen LogP contribution in [-0.4, -0.2) is 19.0 Å². The van der Waals surface area contributed by atoms with Crippen LogP contribution in [0.5, 0.6) is 5.75 Å². The van der Waals surface area contributed by atoms with Gasteiger partial charge in [-0.15, -0.1) is 0 Å². The maximum absolute atomic E-state index is 11.2. The smallest absolute Gasteiger partial charge is 0.231 e. The summed E-state index contributed by atoms with van der Waals surface area (Å²) in [5.41, 5.74) is 5.87. The van der Waals surface area contributed by atoms with Gasteiger partial charge in [0.15, 0.2) is 5.96 Å². The zero-order valence-corrected chi connectivity index (χ0v) is 8.41. The average molecular weight is 207 g/mol. The van der Waals surface area contributed by atoms with Crippen molar-refractivity contribution in [3.63, 3.8) is 0 Å². The molecule has 0 radical (unpaired) electrons. The number of guanidine groups is 1. The zero-order chi connectivity index (χ0) is 11.3. The second kappa shape index (κ2) is 4.99. The molecule has 1 rings (SSSR count). The van der Waals surface area contributed by atoms with Crippen LogP contribution in [-0.2, 0) is 11.2 Å². The molecule has 0 fully saturated rings. The highest BCUT2D eigenvalue weighted by Gasteiger charge is 2.03. The molecule has 0 aliphatic heterocycles. The summed E-state index contributed by atoms with van der Waals surface area (Å²) in [6.45, 7) is 0. The first kappa shape index (κ1) is 11.0. The molecule has 0 unspecified atom stereocenters. The second-order valence-corrected chi connectivity index (χ2v) is 2.99. The van der Waals surface area contributed by atoms with Crippen molar-refractivity contribution in [2.24, 2.45) is 5.73 Å². The third kappa shape index (κ3) is 3.68. The van der Waals surface area contributed by atoms with E-state index in [9.17, 15) is 4.79 Å². The highest BCUT2D eigenvalue weighted by Crippen LogP contribution is 2.11. The zero-order valence-electron chi connectivity index (χ0n) is 8.41. The molecule has 1 amide bonds. The fourth-order valence-corrected chi connectivity index (χ4v) is 1.12. The lowest BCUT2D eigenvalue weighted by molar-refractivity contribution is -0.119. The minimum absolute atomic E-state index is 0.198. The molecule has 0 heterocycles. The van der Waals surface area contributed by atoms with Gasteiger partial charge < -0.3 is 10.5 Å². The Labute approximate surface area is 87.7 Å². The number of carbonyl (C=O) groups is 1. The van der Waals surface area contributed by atoms with Gasteiger partial charge in [0.1, 0.15) is 5.75 Å². The molecule has 0 spiro atoms. The van der Waals surface area contributed by atoms with Crippen molar-refractivity contribution in [2.45, 2.75) is 6.42 Å². The molecule has 5 nitrogen and oxygen atoms in total. The topological polar surface area (TPSA) is 88.2 Å². The van der Waals surface area contributed by atoms with Crippen LogP contribution in [0.15, 0.2) is 24.3 Å². The Kier molecular flexibility index (Phi) is 3.68. The van der Waals surface area contributed by atoms with Crippen molar-refractivity contribution < 1.29 is 9.53 Å². The first-order valence-electron chi connectivity index (χ1n) is 4.38. The molecule has 80 valence electrons. The van der Waals surface area contributed by atoms with E-state index >= 15 is 0 Å². The van der Waals surface area contributed by atoms with E-state index in [0.29, 0.717) is 0 Å². The van der Waals surface area contributed by atoms with E-state index in [1.165, 1.54) is 0 Å². The highest BCUT2D eigenvalue weighted by atomic mass is 16.5. The lowest BCUT2D eigenvalue weighted by Gasteiger charge is -2.03. The molecule has 0 saturated heterocycles. The predicted octanol–water partition coefficient (Wildman–Crippen LogP) is 0.247. The summed E-state index contributed by atoms with van der Waals surface area (Å²) in [5, 5.41) is 9.09. The Bertz CT molecular complexity index is 359. The van der Waals surface area contributed by atoms with Crippen LogP contribution in [0.25, 0.3) is 0 Å². The van der Waals surface area contributed by atoms with Crippen LogP contribution in [0.1, 0.15) is 5.56 Å². The second-order valence-electron chi connectivity index (χ2n) is 2.99. The van der Waals surface area contributed by atoms with Crippen LogP contribution in [0.4, 0.5) is 0 Å². The summed E-state index contributed by atoms with van der Waals surface area (Å²) < 4.78 is 4.98. The number of ether oxygens (including phenoxy) is 1. The molecule has 1 aromatic carbocycles. The molecule has 0 aliphatic rings. The van der Waals surface area contributed by atoms with Crippen LogP contribution >= 0.6 is 0 Å². The van der Waals surface area contributed by atoms with E-state index in [1.54, 1.807) is 31.4 Å². The van der Waals surface area contributed by atoms with Gasteiger partial charge in [0.25, 0.3) is 0 Å². The average Bonchev–Trinajstić information content (AvgIpc) is 2.17. The molecule has 0 aromatic heterocycles. The molecule has 0 atom stereocenters. The van der Waals surface area contributed by atoms with Gasteiger partial charge in [-0.25, -0.2) is 0 Å². The Balaban J connectivity index is 2.57. The van der Waals surface area contributed by atoms with E-state index in [0.717, 1.165) is 11.3 Å². The Morgan fingerprint density at radius 2 is 2.07 bits per heavy atom. The third-order valence-corrected chi connectivity index (χ3v) is 1.80. The summed E-state index contributed by atoms with van der Waals surface area (Å²) in [5.74, 6) is 0.104. The molecule has 1 aromatic rings. The van der Waals surface area contributed by atoms with Gasteiger partial charge in [0, 0.05) is 0 Å². The van der Waals surface area contributed by atoms with Gasteiger partial charge in [-0.3, -0.25) is 15.5 Å². The summed E-state index contributed by atoms with van der Waals surface area (Å²) in [7, 11) is 1.58. The number of rotatable bonds is 3. The Morgan fingerprint density at radius 1 is 1.47 bits per heavy atom. The van der Waals surface area contributed by atoms with Gasteiger partial charge in [0.2, 0.25) is 5.91 Å². The SMILES string of the molecule is COc1ccc(CC(=O)NC(=N)N)cc1. The number of nitrogens with one attached hydrogen (secondary N) is 2. The van der Waals surface area contributed by atoms with Crippen molar-refractivity contribution in [2.75, 3.05) is 7.11 Å². The van der Waals surface area contributed by atoms with Crippen molar-refractivity contribution in [1.82, 2.24) is 5.32 Å². The summed E-state index contributed by atoms with van der Waals surface area (Å²) in [4.78, 5) is 11.2. The normalized spacial score (nSPS) is 9.40. The molecule has 4 N–H and O–H groups in total. The largest absolute Gasteiger partial charge is 0.497 e. The molecule has 0 bridgehead atoms. The fourth-order valence-electron chi connectivity index (χ4n) is 1.12. The molecule has 15 heavy (non-hydrogen) atoms. The maximum atomic E-state index is 11.2. The molecular formula is C10H13N3O2. The van der Waals surface area contributed by atoms with Crippen LogP contribution in [0.3, 0.4) is 0 Å². The van der Waals surface area contributed by atoms with Gasteiger partial charge >= 0.3 is 0 Å². The van der Waals surface area contributed by atoms with Gasteiger partial charge in [-0.2, -0.15) is 0 Å². The number of amides is 1. The monoisotopic (exact) mass is 207 g/mol. The van der Waals surface area contributed by atoms with Gasteiger partial charge in [-0.05, 0) is 17.7 Å². The molecule has 5 heteroatoms. The van der Waals surface area contributed by atoms with Gasteiger partial charge in [0.05, 0.1) is 13.5 Å². The predicted molar refractivity (Wildman–Crippen MR) is 56.8 cm³/mol. The lowest BCUT2D eigenvalue weighted by atomic mass is 10.1. The van der Waals surface area contributed by atoms with Crippen molar-refractivity contribution in [1.29, 1.82) is 5.41 Å². The maximum Gasteiger partial charge on any atom is 0.231 e. The van der Waals surface area contributed by atoms with E-state index < -0.39 is 0 Å². The highest BCUT2D eigenvalue weighted by molar-refractivity contribution is 5.95. The van der Waals surface area contributed by atoms with Crippen LogP contribution in [0.2, 0.25) is 0 Å². The van der Waals surface area contributed by atoms with Crippen LogP contribution < -0.4 is 15.8 Å². The quantitative estimate of drug-likeness (QED) is 0.490. The Hall–Kier alpha value is -2.04. The summed E-state index contributed by atoms with van der Waals surface area (Å²) in [6, 6.07) is 7.13. The number of carbonyl (C=O) groups excluding carboxylic acids is 1. The third-order valence-electron chi connectivity index (χ3n) is 1.80. The standard InChI is InChI=1S/C10H13N3O2/c1-15-8-4-2-7(3-5-8)6-9(14)13-10(11)12/h2-5H,6H2,1H3,(H4,11,12,13,14). The number of nitrogens with two attached hydrogens (primary N) is 1. The summed E-state index contributed by atoms with van der Waals surface area (Å²) >= 11 is 0. The number of hydrogen-bond donors (Lipinski definition) is 3. The van der Waals surface area contributed by atoms with Gasteiger partial charge in [-0.1, -0.05) is 12.1 Å². The molecule has 0 saturated carbocycles. The van der Waals surface area contributed by atoms with Crippen LogP contribution in [0, 0.1) is 5.41 Å². The Morgan fingerprint density at radius 3 is 2.53 bits per heavy atom. The molecular weight excluding hydrogens is 194 g/mol. The molecule has 0 aliphatic carbocycles. The van der Waals surface area contributed by atoms with E-state index in [2.05, 4.69) is 5.32 Å². The lowest BCUT2D eigenvalue weighted by Crippen LogP contribution is -2.36. The fraction of sp³-hybridized carbons (Fsp3) is 0.200. The summed E-state index contributed by atoms with van der Waals surface area (Å²) in [6.07, 6.45) is 0.198. The van der Waals surface area contributed by atoms with E-state index in [1.807, 2.05) is 0 Å². The van der Waals surface area contributed by atoms with E-state index in [4.69, 9.17) is 15.9 Å². The minimum atomic E-state index is -0.339. The van der Waals surface area contributed by atoms with Crippen molar-refractivity contribution in [3.05, 3.63) is 29.8 Å². The number of benzene rings is 1. The van der Waals surface area contributed by atoms with Crippen molar-refractivity contribution >= 4 is 11.9 Å². The minimum Gasteiger partial charge on any atom is -0.497 e. The van der Waals surface area contributed by atoms with E-state index in [-0.39, 0.29) is 18.3 Å².